The van der Waals surface area contributed by atoms with E-state index in [4.69, 9.17) is 5.26 Å². The Morgan fingerprint density at radius 1 is 1.29 bits per heavy atom. The molecule has 0 spiro atoms. The molecule has 0 aliphatic rings. The molecule has 0 aliphatic carbocycles. The average Bonchev–Trinajstić information content (AvgIpc) is 2.37. The van der Waals surface area contributed by atoms with Gasteiger partial charge in [-0.1, -0.05) is 6.07 Å². The van der Waals surface area contributed by atoms with Gasteiger partial charge in [0.25, 0.3) is 0 Å². The number of nitriles is 1. The topological polar surface area (TPSA) is 61.6 Å². The first kappa shape index (κ1) is 11.1. The Morgan fingerprint density at radius 2 is 2.18 bits per heavy atom. The zero-order chi connectivity index (χ0) is 12.1. The van der Waals surface area contributed by atoms with Gasteiger partial charge in [0.15, 0.2) is 0 Å². The summed E-state index contributed by atoms with van der Waals surface area (Å²) in [5, 5.41) is 11.8. The Kier molecular flexibility index (Phi) is 3.31. The number of hydrogen-bond donors (Lipinski definition) is 1. The highest BCUT2D eigenvalue weighted by atomic mass is 15.0. The van der Waals surface area contributed by atoms with Gasteiger partial charge in [-0.15, -0.1) is 0 Å². The Hall–Kier alpha value is -2.41. The van der Waals surface area contributed by atoms with Gasteiger partial charge >= 0.3 is 0 Å². The number of pyridine rings is 2. The Labute approximate surface area is 100.0 Å². The molecule has 2 heterocycles. The minimum atomic E-state index is 0.559. The third-order valence-electron chi connectivity index (χ3n) is 2.29. The van der Waals surface area contributed by atoms with E-state index in [1.165, 1.54) is 0 Å². The third-order valence-corrected chi connectivity index (χ3v) is 2.29. The average molecular weight is 224 g/mol. The maximum Gasteiger partial charge on any atom is 0.126 e. The second-order valence-corrected chi connectivity index (χ2v) is 3.67. The molecule has 2 aromatic rings. The zero-order valence-corrected chi connectivity index (χ0v) is 9.51. The van der Waals surface area contributed by atoms with Crippen LogP contribution in [0.3, 0.4) is 0 Å². The summed E-state index contributed by atoms with van der Waals surface area (Å²) < 4.78 is 0. The van der Waals surface area contributed by atoms with Crippen molar-refractivity contribution in [1.82, 2.24) is 9.97 Å². The maximum absolute atomic E-state index is 8.65. The summed E-state index contributed by atoms with van der Waals surface area (Å²) in [6.07, 6.45) is 1.55. The molecule has 0 fully saturated rings. The van der Waals surface area contributed by atoms with Crippen molar-refractivity contribution in [2.45, 2.75) is 13.5 Å². The fourth-order valence-electron chi connectivity index (χ4n) is 1.44. The van der Waals surface area contributed by atoms with Gasteiger partial charge in [-0.25, -0.2) is 4.98 Å². The van der Waals surface area contributed by atoms with E-state index in [1.807, 2.05) is 31.2 Å². The quantitative estimate of drug-likeness (QED) is 0.868. The molecule has 4 heteroatoms. The second kappa shape index (κ2) is 5.08. The van der Waals surface area contributed by atoms with Crippen molar-refractivity contribution in [2.24, 2.45) is 0 Å². The molecule has 0 aliphatic heterocycles. The number of hydrogen-bond acceptors (Lipinski definition) is 4. The van der Waals surface area contributed by atoms with Crippen LogP contribution >= 0.6 is 0 Å². The predicted molar refractivity (Wildman–Crippen MR) is 65.3 cm³/mol. The van der Waals surface area contributed by atoms with Crippen molar-refractivity contribution >= 4 is 5.82 Å². The van der Waals surface area contributed by atoms with Crippen LogP contribution in [-0.4, -0.2) is 9.97 Å². The SMILES string of the molecule is Cc1cccc(CNc2ccc(C#N)cn2)n1. The van der Waals surface area contributed by atoms with Gasteiger partial charge in [0.2, 0.25) is 0 Å². The second-order valence-electron chi connectivity index (χ2n) is 3.67. The molecule has 1 N–H and O–H groups in total. The van der Waals surface area contributed by atoms with Gasteiger partial charge in [0.1, 0.15) is 11.9 Å². The predicted octanol–water partition coefficient (Wildman–Crippen LogP) is 2.27. The summed E-state index contributed by atoms with van der Waals surface area (Å²) in [5.74, 6) is 0.743. The lowest BCUT2D eigenvalue weighted by Crippen LogP contribution is -2.03. The molecule has 2 aromatic heterocycles. The summed E-state index contributed by atoms with van der Waals surface area (Å²) in [7, 11) is 0. The largest absolute Gasteiger partial charge is 0.364 e. The lowest BCUT2D eigenvalue weighted by Gasteiger charge is -2.05. The van der Waals surface area contributed by atoms with Gasteiger partial charge in [0, 0.05) is 11.9 Å². The summed E-state index contributed by atoms with van der Waals surface area (Å²) >= 11 is 0. The van der Waals surface area contributed by atoms with Gasteiger partial charge in [-0.3, -0.25) is 4.98 Å². The fraction of sp³-hybridized carbons (Fsp3) is 0.154. The molecule has 0 atom stereocenters. The maximum atomic E-state index is 8.65. The first-order chi connectivity index (χ1) is 8.28. The van der Waals surface area contributed by atoms with Gasteiger partial charge < -0.3 is 5.32 Å². The van der Waals surface area contributed by atoms with E-state index in [-0.39, 0.29) is 0 Å². The molecule has 17 heavy (non-hydrogen) atoms. The number of anilines is 1. The van der Waals surface area contributed by atoms with Crippen LogP contribution in [0.1, 0.15) is 17.0 Å². The minimum absolute atomic E-state index is 0.559. The van der Waals surface area contributed by atoms with E-state index in [2.05, 4.69) is 15.3 Å². The smallest absolute Gasteiger partial charge is 0.126 e. The van der Waals surface area contributed by atoms with Crippen molar-refractivity contribution in [3.05, 3.63) is 53.5 Å². The van der Waals surface area contributed by atoms with Crippen LogP contribution in [-0.2, 0) is 6.54 Å². The molecular formula is C13H12N4. The van der Waals surface area contributed by atoms with Crippen LogP contribution < -0.4 is 5.32 Å². The van der Waals surface area contributed by atoms with Crippen LogP contribution in [0.4, 0.5) is 5.82 Å². The Bertz CT molecular complexity index is 540. The zero-order valence-electron chi connectivity index (χ0n) is 9.51. The summed E-state index contributed by atoms with van der Waals surface area (Å²) in [5.41, 5.74) is 2.53. The molecule has 0 saturated carbocycles. The molecule has 0 unspecified atom stereocenters. The highest BCUT2D eigenvalue weighted by Crippen LogP contribution is 2.06. The van der Waals surface area contributed by atoms with Crippen LogP contribution in [0.2, 0.25) is 0 Å². The van der Waals surface area contributed by atoms with E-state index in [0.29, 0.717) is 12.1 Å². The molecule has 0 bridgehead atoms. The highest BCUT2D eigenvalue weighted by molar-refractivity contribution is 5.39. The number of aryl methyl sites for hydroxylation is 1. The number of aromatic nitrogens is 2. The van der Waals surface area contributed by atoms with Crippen molar-refractivity contribution < 1.29 is 0 Å². The molecule has 0 saturated heterocycles. The standard InChI is InChI=1S/C13H12N4/c1-10-3-2-4-12(17-10)9-16-13-6-5-11(7-14)8-15-13/h2-6,8H,9H2,1H3,(H,15,16). The first-order valence-corrected chi connectivity index (χ1v) is 5.30. The number of rotatable bonds is 3. The molecule has 2 rings (SSSR count). The van der Waals surface area contributed by atoms with Crippen LogP contribution in [0.25, 0.3) is 0 Å². The number of nitrogens with zero attached hydrogens (tertiary/aromatic N) is 3. The first-order valence-electron chi connectivity index (χ1n) is 5.30. The van der Waals surface area contributed by atoms with Crippen LogP contribution in [0, 0.1) is 18.3 Å². The van der Waals surface area contributed by atoms with Crippen molar-refractivity contribution in [2.75, 3.05) is 5.32 Å². The van der Waals surface area contributed by atoms with E-state index in [0.717, 1.165) is 17.2 Å². The fourth-order valence-corrected chi connectivity index (χ4v) is 1.44. The normalized spacial score (nSPS) is 9.65. The van der Waals surface area contributed by atoms with Crippen molar-refractivity contribution in [3.63, 3.8) is 0 Å². The lowest BCUT2D eigenvalue weighted by atomic mass is 10.3. The van der Waals surface area contributed by atoms with Crippen LogP contribution in [0.15, 0.2) is 36.5 Å². The summed E-state index contributed by atoms with van der Waals surface area (Å²) in [4.78, 5) is 8.50. The lowest BCUT2D eigenvalue weighted by molar-refractivity contribution is 1.00. The third kappa shape index (κ3) is 3.02. The van der Waals surface area contributed by atoms with Crippen molar-refractivity contribution in [1.29, 1.82) is 5.26 Å². The minimum Gasteiger partial charge on any atom is -0.364 e. The highest BCUT2D eigenvalue weighted by Gasteiger charge is 1.97. The van der Waals surface area contributed by atoms with E-state index in [9.17, 15) is 0 Å². The van der Waals surface area contributed by atoms with Gasteiger partial charge in [0.05, 0.1) is 17.8 Å². The Balaban J connectivity index is 2.00. The van der Waals surface area contributed by atoms with Gasteiger partial charge in [-0.2, -0.15) is 5.26 Å². The Morgan fingerprint density at radius 3 is 2.82 bits per heavy atom. The van der Waals surface area contributed by atoms with Gasteiger partial charge in [-0.05, 0) is 31.2 Å². The molecular weight excluding hydrogens is 212 g/mol. The molecule has 84 valence electrons. The summed E-state index contributed by atoms with van der Waals surface area (Å²) in [6, 6.07) is 11.5. The molecule has 0 amide bonds. The monoisotopic (exact) mass is 224 g/mol. The molecule has 0 radical (unpaired) electrons. The van der Waals surface area contributed by atoms with Crippen molar-refractivity contribution in [3.8, 4) is 6.07 Å². The molecule has 4 nitrogen and oxygen atoms in total. The number of nitrogens with one attached hydrogen (secondary N) is 1. The van der Waals surface area contributed by atoms with E-state index < -0.39 is 0 Å². The molecule has 0 aromatic carbocycles. The summed E-state index contributed by atoms with van der Waals surface area (Å²) in [6.45, 7) is 2.59. The van der Waals surface area contributed by atoms with Crippen LogP contribution in [0.5, 0.6) is 0 Å². The van der Waals surface area contributed by atoms with E-state index >= 15 is 0 Å². The van der Waals surface area contributed by atoms with E-state index in [1.54, 1.807) is 18.3 Å².